The molecule has 5 N–H and O–H groups in total. The summed E-state index contributed by atoms with van der Waals surface area (Å²) in [4.78, 5) is 36.5. The molecule has 6 rings (SSSR count). The van der Waals surface area contributed by atoms with E-state index in [1.54, 1.807) is 24.4 Å². The number of fused-ring (bicyclic) bond motifs is 6. The number of methoxy groups -OCH3 is 1. The van der Waals surface area contributed by atoms with E-state index in [0.717, 1.165) is 0 Å². The molecule has 2 aliphatic rings. The number of amides is 2. The largest absolute Gasteiger partial charge is 0.493 e. The van der Waals surface area contributed by atoms with Crippen LogP contribution in [0.3, 0.4) is 0 Å². The van der Waals surface area contributed by atoms with Gasteiger partial charge in [-0.3, -0.25) is 14.7 Å². The molecule has 212 valence electrons. The number of piperidine rings is 1. The summed E-state index contributed by atoms with van der Waals surface area (Å²) in [6, 6.07) is 8.42. The van der Waals surface area contributed by atoms with Crippen molar-refractivity contribution >= 4 is 34.6 Å². The minimum atomic E-state index is -0.541. The lowest BCUT2D eigenvalue weighted by atomic mass is 10.0. The Morgan fingerprint density at radius 3 is 2.90 bits per heavy atom. The summed E-state index contributed by atoms with van der Waals surface area (Å²) in [5, 5.41) is 13.3. The first kappa shape index (κ1) is 26.1. The highest BCUT2D eigenvalue weighted by molar-refractivity contribution is 5.95. The number of nitrogens with one attached hydrogen (secondary N) is 3. The van der Waals surface area contributed by atoms with Crippen LogP contribution in [0, 0.1) is 5.82 Å². The third-order valence-corrected chi connectivity index (χ3v) is 6.97. The van der Waals surface area contributed by atoms with Gasteiger partial charge in [0.15, 0.2) is 23.8 Å². The van der Waals surface area contributed by atoms with Gasteiger partial charge >= 0.3 is 0 Å². The highest BCUT2D eigenvalue weighted by Gasteiger charge is 2.34. The van der Waals surface area contributed by atoms with Crippen LogP contribution in [-0.4, -0.2) is 70.9 Å². The predicted molar refractivity (Wildman–Crippen MR) is 145 cm³/mol. The number of hydrogen-bond acceptors (Lipinski definition) is 10. The van der Waals surface area contributed by atoms with Gasteiger partial charge in [0.25, 0.3) is 11.8 Å². The van der Waals surface area contributed by atoms with E-state index in [9.17, 15) is 14.0 Å². The number of aromatic amines is 1. The summed E-state index contributed by atoms with van der Waals surface area (Å²) in [6.45, 7) is 0.559. The van der Waals surface area contributed by atoms with Crippen LogP contribution in [0.25, 0.3) is 11.0 Å². The van der Waals surface area contributed by atoms with Gasteiger partial charge in [-0.05, 0) is 35.9 Å². The number of anilines is 2. The predicted octanol–water partition coefficient (Wildman–Crippen LogP) is 1.55. The van der Waals surface area contributed by atoms with E-state index in [4.69, 9.17) is 19.9 Å². The molecule has 0 spiro atoms. The lowest BCUT2D eigenvalue weighted by molar-refractivity contribution is -0.123. The van der Waals surface area contributed by atoms with E-state index in [1.807, 2.05) is 4.90 Å². The molecule has 4 heterocycles. The Morgan fingerprint density at radius 1 is 1.17 bits per heavy atom. The van der Waals surface area contributed by atoms with Gasteiger partial charge in [0, 0.05) is 37.7 Å². The topological polar surface area (TPSA) is 170 Å². The van der Waals surface area contributed by atoms with Crippen molar-refractivity contribution in [3.63, 3.8) is 0 Å². The maximum atomic E-state index is 14.5. The van der Waals surface area contributed by atoms with E-state index in [2.05, 4.69) is 30.8 Å². The van der Waals surface area contributed by atoms with Gasteiger partial charge in [0.2, 0.25) is 5.95 Å². The van der Waals surface area contributed by atoms with Crippen LogP contribution >= 0.6 is 0 Å². The summed E-state index contributed by atoms with van der Waals surface area (Å²) in [7, 11) is 1.46. The van der Waals surface area contributed by atoms with Crippen LogP contribution in [0.4, 0.5) is 16.2 Å². The molecule has 13 nitrogen and oxygen atoms in total. The molecular weight excluding hydrogens is 535 g/mol. The molecule has 4 aromatic rings. The molecular formula is C27H27FN8O5. The Bertz CT molecular complexity index is 1630. The van der Waals surface area contributed by atoms with Gasteiger partial charge in [-0.15, -0.1) is 0 Å². The summed E-state index contributed by atoms with van der Waals surface area (Å²) in [6.07, 6.45) is 1.57. The number of benzene rings is 2. The number of ether oxygens (including phenoxy) is 3. The molecule has 2 amide bonds. The van der Waals surface area contributed by atoms with Crippen LogP contribution in [0.2, 0.25) is 0 Å². The zero-order chi connectivity index (χ0) is 28.5. The molecule has 1 fully saturated rings. The number of nitrogens with zero attached hydrogens (tertiary/aromatic N) is 4. The van der Waals surface area contributed by atoms with Crippen LogP contribution in [0.15, 0.2) is 42.6 Å². The number of rotatable bonds is 2. The molecule has 14 heteroatoms. The van der Waals surface area contributed by atoms with Crippen molar-refractivity contribution in [1.82, 2.24) is 30.8 Å². The van der Waals surface area contributed by atoms with Gasteiger partial charge in [-0.1, -0.05) is 0 Å². The quantitative estimate of drug-likeness (QED) is 0.281. The van der Waals surface area contributed by atoms with Crippen molar-refractivity contribution in [3.05, 3.63) is 59.5 Å². The summed E-state index contributed by atoms with van der Waals surface area (Å²) >= 11 is 0. The molecule has 2 aliphatic heterocycles. The Balaban J connectivity index is 1.36. The van der Waals surface area contributed by atoms with Crippen molar-refractivity contribution in [2.24, 2.45) is 0 Å². The minimum Gasteiger partial charge on any atom is -0.493 e. The van der Waals surface area contributed by atoms with E-state index < -0.39 is 29.8 Å². The molecule has 0 radical (unpaired) electrons. The van der Waals surface area contributed by atoms with Gasteiger partial charge in [0.1, 0.15) is 23.5 Å². The lowest BCUT2D eigenvalue weighted by Crippen LogP contribution is -2.57. The number of nitrogens with two attached hydrogens (primary N) is 1. The molecule has 1 saturated heterocycles. The molecule has 2 atom stereocenters. The van der Waals surface area contributed by atoms with E-state index in [0.29, 0.717) is 53.2 Å². The Labute approximate surface area is 233 Å². The smallest absolute Gasteiger partial charge is 0.258 e. The second-order valence-corrected chi connectivity index (χ2v) is 9.73. The van der Waals surface area contributed by atoms with E-state index in [-0.39, 0.29) is 30.6 Å². The van der Waals surface area contributed by atoms with Crippen LogP contribution < -0.4 is 35.5 Å². The fourth-order valence-corrected chi connectivity index (χ4v) is 5.02. The summed E-state index contributed by atoms with van der Waals surface area (Å²) in [5.41, 5.74) is 7.26. The molecule has 4 bridgehead atoms. The summed E-state index contributed by atoms with van der Waals surface area (Å²) < 4.78 is 31.8. The number of aromatic nitrogens is 4. The number of carbonyl (C=O) groups is 2. The zero-order valence-electron chi connectivity index (χ0n) is 22.0. The number of hydrogen-bond donors (Lipinski definition) is 4. The maximum Gasteiger partial charge on any atom is 0.258 e. The van der Waals surface area contributed by atoms with Crippen molar-refractivity contribution in [3.8, 4) is 17.2 Å². The first-order valence-electron chi connectivity index (χ1n) is 12.9. The van der Waals surface area contributed by atoms with Crippen molar-refractivity contribution < 1.29 is 28.2 Å². The molecule has 2 aromatic carbocycles. The standard InChI is InChI=1S/C27H27FN8O5/c1-39-21-3-2-15-8-22(21)40-13-23(37)30-10-14-6-16(28)9-17(7-14)41-20-4-5-36(12-19(20)32-26(15)38)25-18-11-31-35-24(18)33-27(29)34-25/h2-3,6-9,11,19-20H,4-5,10,12-13H2,1H3,(H,30,37)(H,32,38)(H3,29,31,33,34,35)/t19-,20+/m0/s1. The summed E-state index contributed by atoms with van der Waals surface area (Å²) in [5.74, 6) is 0.196. The normalized spacial score (nSPS) is 19.4. The number of nitrogen functional groups attached to an aromatic ring is 1. The van der Waals surface area contributed by atoms with Gasteiger partial charge in [-0.25, -0.2) is 4.39 Å². The molecule has 0 unspecified atom stereocenters. The van der Waals surface area contributed by atoms with E-state index >= 15 is 0 Å². The van der Waals surface area contributed by atoms with Crippen LogP contribution in [-0.2, 0) is 11.3 Å². The second-order valence-electron chi connectivity index (χ2n) is 9.73. The van der Waals surface area contributed by atoms with Crippen molar-refractivity contribution in [2.75, 3.05) is 37.4 Å². The molecule has 0 saturated carbocycles. The second kappa shape index (κ2) is 10.8. The zero-order valence-corrected chi connectivity index (χ0v) is 22.0. The lowest BCUT2D eigenvalue weighted by Gasteiger charge is -2.39. The van der Waals surface area contributed by atoms with Crippen molar-refractivity contribution in [1.29, 1.82) is 0 Å². The number of halogens is 1. The fraction of sp³-hybridized carbons (Fsp3) is 0.296. The monoisotopic (exact) mass is 562 g/mol. The molecule has 0 aliphatic carbocycles. The van der Waals surface area contributed by atoms with Crippen LogP contribution in [0.5, 0.6) is 17.2 Å². The minimum absolute atomic E-state index is 0.0714. The van der Waals surface area contributed by atoms with Gasteiger partial charge in [0.05, 0.1) is 24.7 Å². The van der Waals surface area contributed by atoms with Crippen molar-refractivity contribution in [2.45, 2.75) is 25.1 Å². The SMILES string of the molecule is COc1ccc2cc1OCC(=O)NCc1cc(F)cc(c1)O[C@@H]1CCN(c3nc(N)nc4[nH]ncc34)C[C@@H]1NC2=O. The highest BCUT2D eigenvalue weighted by Crippen LogP contribution is 2.30. The first-order chi connectivity index (χ1) is 19.9. The van der Waals surface area contributed by atoms with Gasteiger partial charge < -0.3 is 35.5 Å². The number of H-pyrrole nitrogens is 1. The maximum absolute atomic E-state index is 14.5. The number of carbonyl (C=O) groups excluding carboxylic acids is 2. The molecule has 2 aromatic heterocycles. The Kier molecular flexibility index (Phi) is 6.87. The Hall–Kier alpha value is -5.14. The first-order valence-corrected chi connectivity index (χ1v) is 12.9. The Morgan fingerprint density at radius 2 is 2.05 bits per heavy atom. The fourth-order valence-electron chi connectivity index (χ4n) is 5.02. The van der Waals surface area contributed by atoms with Crippen LogP contribution in [0.1, 0.15) is 22.3 Å². The third kappa shape index (κ3) is 5.48. The van der Waals surface area contributed by atoms with Gasteiger partial charge in [-0.2, -0.15) is 15.1 Å². The average Bonchev–Trinajstić information content (AvgIpc) is 3.43. The molecule has 41 heavy (non-hydrogen) atoms. The highest BCUT2D eigenvalue weighted by atomic mass is 19.1. The third-order valence-electron chi connectivity index (χ3n) is 6.97. The van der Waals surface area contributed by atoms with E-state index in [1.165, 1.54) is 25.3 Å². The average molecular weight is 563 g/mol.